The summed E-state index contributed by atoms with van der Waals surface area (Å²) in [5.41, 5.74) is 3.04. The summed E-state index contributed by atoms with van der Waals surface area (Å²) < 4.78 is 0. The van der Waals surface area contributed by atoms with Gasteiger partial charge in [-0.05, 0) is 41.9 Å². The van der Waals surface area contributed by atoms with Crippen LogP contribution in [0.15, 0.2) is 42.9 Å². The molecule has 26 heavy (non-hydrogen) atoms. The molecule has 1 saturated heterocycles. The number of anilines is 1. The lowest BCUT2D eigenvalue weighted by atomic mass is 9.87. The Hall–Kier alpha value is -1.94. The van der Waals surface area contributed by atoms with Gasteiger partial charge in [0.1, 0.15) is 12.1 Å². The van der Waals surface area contributed by atoms with Gasteiger partial charge < -0.3 is 4.90 Å². The molecule has 2 heterocycles. The van der Waals surface area contributed by atoms with E-state index in [-0.39, 0.29) is 5.41 Å². The lowest BCUT2D eigenvalue weighted by molar-refractivity contribution is 0.324. The van der Waals surface area contributed by atoms with Crippen molar-refractivity contribution < 1.29 is 0 Å². The van der Waals surface area contributed by atoms with Crippen LogP contribution in [-0.4, -0.2) is 40.0 Å². The fourth-order valence-corrected chi connectivity index (χ4v) is 4.01. The Morgan fingerprint density at radius 3 is 2.42 bits per heavy atom. The SMILES string of the molecule is CC(C)(C)c1ccc(CN2CCC(N(c3ccncn3)C3CC3)C2)cc1. The number of hydrogen-bond donors (Lipinski definition) is 0. The molecular weight excluding hydrogens is 320 g/mol. The van der Waals surface area contributed by atoms with E-state index >= 15 is 0 Å². The fraction of sp³-hybridized carbons (Fsp3) is 0.545. The highest BCUT2D eigenvalue weighted by atomic mass is 15.3. The average Bonchev–Trinajstić information content (AvgIpc) is 3.35. The lowest BCUT2D eigenvalue weighted by Gasteiger charge is -2.30. The summed E-state index contributed by atoms with van der Waals surface area (Å²) in [5.74, 6) is 1.10. The highest BCUT2D eigenvalue weighted by Gasteiger charge is 2.37. The number of hydrogen-bond acceptors (Lipinski definition) is 4. The van der Waals surface area contributed by atoms with Crippen LogP contribution in [0.2, 0.25) is 0 Å². The summed E-state index contributed by atoms with van der Waals surface area (Å²) in [7, 11) is 0. The Labute approximate surface area is 157 Å². The van der Waals surface area contributed by atoms with Gasteiger partial charge in [-0.3, -0.25) is 4.90 Å². The van der Waals surface area contributed by atoms with Gasteiger partial charge in [-0.1, -0.05) is 45.0 Å². The van der Waals surface area contributed by atoms with E-state index < -0.39 is 0 Å². The third-order valence-electron chi connectivity index (χ3n) is 5.64. The van der Waals surface area contributed by atoms with Crippen molar-refractivity contribution in [1.29, 1.82) is 0 Å². The van der Waals surface area contributed by atoms with Crippen molar-refractivity contribution in [2.45, 2.75) is 64.1 Å². The molecule has 1 atom stereocenters. The van der Waals surface area contributed by atoms with Crippen LogP contribution >= 0.6 is 0 Å². The number of likely N-dealkylation sites (tertiary alicyclic amines) is 1. The first kappa shape index (κ1) is 17.5. The van der Waals surface area contributed by atoms with Gasteiger partial charge in [-0.2, -0.15) is 0 Å². The van der Waals surface area contributed by atoms with Crippen molar-refractivity contribution in [3.63, 3.8) is 0 Å². The number of nitrogens with zero attached hydrogens (tertiary/aromatic N) is 4. The van der Waals surface area contributed by atoms with Crippen LogP contribution in [0.4, 0.5) is 5.82 Å². The molecule has 2 aromatic rings. The molecule has 1 aromatic heterocycles. The molecule has 4 rings (SSSR count). The van der Waals surface area contributed by atoms with Gasteiger partial charge in [0.25, 0.3) is 0 Å². The minimum Gasteiger partial charge on any atom is -0.349 e. The number of aromatic nitrogens is 2. The quantitative estimate of drug-likeness (QED) is 0.815. The molecule has 138 valence electrons. The normalized spacial score (nSPS) is 21.1. The summed E-state index contributed by atoms with van der Waals surface area (Å²) in [6.45, 7) is 10.1. The molecule has 0 spiro atoms. The molecule has 0 N–H and O–H groups in total. The minimum atomic E-state index is 0.222. The van der Waals surface area contributed by atoms with Gasteiger partial charge in [-0.25, -0.2) is 9.97 Å². The van der Waals surface area contributed by atoms with Crippen molar-refractivity contribution in [1.82, 2.24) is 14.9 Å². The number of rotatable bonds is 5. The molecular formula is C22H30N4. The Morgan fingerprint density at radius 1 is 1.04 bits per heavy atom. The van der Waals surface area contributed by atoms with E-state index in [0.29, 0.717) is 12.1 Å². The molecule has 4 nitrogen and oxygen atoms in total. The third-order valence-corrected chi connectivity index (χ3v) is 5.64. The first-order valence-electron chi connectivity index (χ1n) is 9.87. The second-order valence-electron chi connectivity index (χ2n) is 8.83. The predicted molar refractivity (Wildman–Crippen MR) is 106 cm³/mol. The van der Waals surface area contributed by atoms with Crippen molar-refractivity contribution in [3.05, 3.63) is 54.0 Å². The van der Waals surface area contributed by atoms with Crippen LogP contribution in [0.5, 0.6) is 0 Å². The monoisotopic (exact) mass is 350 g/mol. The first-order valence-corrected chi connectivity index (χ1v) is 9.87. The second kappa shape index (κ2) is 6.99. The van der Waals surface area contributed by atoms with E-state index in [2.05, 4.69) is 70.9 Å². The van der Waals surface area contributed by atoms with Gasteiger partial charge in [0.15, 0.2) is 0 Å². The maximum atomic E-state index is 4.52. The van der Waals surface area contributed by atoms with Gasteiger partial charge in [-0.15, -0.1) is 0 Å². The summed E-state index contributed by atoms with van der Waals surface area (Å²) in [4.78, 5) is 13.8. The van der Waals surface area contributed by atoms with Crippen molar-refractivity contribution >= 4 is 5.82 Å². The zero-order valence-electron chi connectivity index (χ0n) is 16.2. The molecule has 2 fully saturated rings. The third kappa shape index (κ3) is 3.90. The molecule has 2 aliphatic rings. The Morgan fingerprint density at radius 2 is 1.81 bits per heavy atom. The van der Waals surface area contributed by atoms with Crippen LogP contribution in [0.25, 0.3) is 0 Å². The first-order chi connectivity index (χ1) is 12.5. The van der Waals surface area contributed by atoms with Crippen LogP contribution in [0.1, 0.15) is 51.2 Å². The molecule has 0 amide bonds. The standard InChI is InChI=1S/C22H30N4/c1-22(2,3)18-6-4-17(5-7-18)14-25-13-11-20(15-25)26(19-8-9-19)21-10-12-23-16-24-21/h4-7,10,12,16,19-20H,8-9,11,13-15H2,1-3H3. The fourth-order valence-electron chi connectivity index (χ4n) is 4.01. The van der Waals surface area contributed by atoms with Crippen LogP contribution < -0.4 is 4.90 Å². The summed E-state index contributed by atoms with van der Waals surface area (Å²) >= 11 is 0. The smallest absolute Gasteiger partial charge is 0.132 e. The predicted octanol–water partition coefficient (Wildman–Crippen LogP) is 4.02. The van der Waals surface area contributed by atoms with Gasteiger partial charge in [0.2, 0.25) is 0 Å². The highest BCUT2D eigenvalue weighted by Crippen LogP contribution is 2.35. The Bertz CT molecular complexity index is 716. The van der Waals surface area contributed by atoms with E-state index in [1.165, 1.54) is 36.9 Å². The van der Waals surface area contributed by atoms with Crippen LogP contribution in [-0.2, 0) is 12.0 Å². The van der Waals surface area contributed by atoms with E-state index in [1.807, 2.05) is 6.20 Å². The maximum Gasteiger partial charge on any atom is 0.132 e. The highest BCUT2D eigenvalue weighted by molar-refractivity contribution is 5.42. The van der Waals surface area contributed by atoms with Crippen molar-refractivity contribution in [2.75, 3.05) is 18.0 Å². The minimum absolute atomic E-state index is 0.222. The molecule has 0 bridgehead atoms. The molecule has 1 aliphatic carbocycles. The van der Waals surface area contributed by atoms with E-state index in [0.717, 1.165) is 18.9 Å². The van der Waals surface area contributed by atoms with Gasteiger partial charge in [0.05, 0.1) is 0 Å². The van der Waals surface area contributed by atoms with Gasteiger partial charge in [0, 0.05) is 37.9 Å². The van der Waals surface area contributed by atoms with E-state index in [1.54, 1.807) is 6.33 Å². The summed E-state index contributed by atoms with van der Waals surface area (Å²) in [6, 6.07) is 12.5. The van der Waals surface area contributed by atoms with E-state index in [9.17, 15) is 0 Å². The molecule has 1 saturated carbocycles. The van der Waals surface area contributed by atoms with Crippen molar-refractivity contribution in [3.8, 4) is 0 Å². The van der Waals surface area contributed by atoms with Crippen LogP contribution in [0.3, 0.4) is 0 Å². The molecule has 1 aliphatic heterocycles. The molecule has 1 unspecified atom stereocenters. The lowest BCUT2D eigenvalue weighted by Crippen LogP contribution is -2.39. The van der Waals surface area contributed by atoms with E-state index in [4.69, 9.17) is 0 Å². The van der Waals surface area contributed by atoms with Crippen LogP contribution in [0, 0.1) is 0 Å². The summed E-state index contributed by atoms with van der Waals surface area (Å²) in [5, 5.41) is 0. The zero-order valence-corrected chi connectivity index (χ0v) is 16.2. The van der Waals surface area contributed by atoms with Gasteiger partial charge >= 0.3 is 0 Å². The maximum absolute atomic E-state index is 4.52. The average molecular weight is 351 g/mol. The largest absolute Gasteiger partial charge is 0.349 e. The van der Waals surface area contributed by atoms with Crippen molar-refractivity contribution in [2.24, 2.45) is 0 Å². The second-order valence-corrected chi connectivity index (χ2v) is 8.83. The topological polar surface area (TPSA) is 32.3 Å². The summed E-state index contributed by atoms with van der Waals surface area (Å²) in [6.07, 6.45) is 7.36. The zero-order chi connectivity index (χ0) is 18.1. The molecule has 1 aromatic carbocycles. The number of benzene rings is 1. The Balaban J connectivity index is 1.40. The molecule has 4 heteroatoms. The Kier molecular flexibility index (Phi) is 4.70. The molecule has 0 radical (unpaired) electrons.